The molecule has 0 bridgehead atoms. The maximum atomic E-state index is 6.09. The van der Waals surface area contributed by atoms with Crippen molar-refractivity contribution in [1.82, 2.24) is 10.1 Å². The molecule has 5 heteroatoms. The Morgan fingerprint density at radius 2 is 2.28 bits per heavy atom. The second-order valence-corrected chi connectivity index (χ2v) is 4.70. The topological polar surface area (TPSA) is 68.2 Å². The molecular formula is C13H16N4O. The summed E-state index contributed by atoms with van der Waals surface area (Å²) >= 11 is 0. The predicted molar refractivity (Wildman–Crippen MR) is 68.2 cm³/mol. The van der Waals surface area contributed by atoms with Crippen molar-refractivity contribution >= 4 is 5.69 Å². The number of benzene rings is 1. The van der Waals surface area contributed by atoms with Gasteiger partial charge in [-0.3, -0.25) is 0 Å². The fourth-order valence-electron chi connectivity index (χ4n) is 2.45. The summed E-state index contributed by atoms with van der Waals surface area (Å²) in [5.41, 5.74) is 8.61. The Hall–Kier alpha value is -1.88. The number of nitrogens with zero attached hydrogens (tertiary/aromatic N) is 3. The number of hydrogen-bond donors (Lipinski definition) is 1. The van der Waals surface area contributed by atoms with Crippen LogP contribution in [0.5, 0.6) is 0 Å². The van der Waals surface area contributed by atoms with Crippen LogP contribution in [0.25, 0.3) is 0 Å². The summed E-state index contributed by atoms with van der Waals surface area (Å²) in [7, 11) is 0. The lowest BCUT2D eigenvalue weighted by Crippen LogP contribution is -2.43. The third-order valence-corrected chi connectivity index (χ3v) is 3.17. The summed E-state index contributed by atoms with van der Waals surface area (Å²) in [6.07, 6.45) is 0.929. The van der Waals surface area contributed by atoms with Gasteiger partial charge >= 0.3 is 0 Å². The summed E-state index contributed by atoms with van der Waals surface area (Å²) in [5, 5.41) is 3.94. The molecule has 5 nitrogen and oxygen atoms in total. The first-order chi connectivity index (χ1) is 8.72. The molecule has 2 aromatic rings. The van der Waals surface area contributed by atoms with Gasteiger partial charge in [-0.25, -0.2) is 0 Å². The van der Waals surface area contributed by atoms with E-state index in [4.69, 9.17) is 10.3 Å². The van der Waals surface area contributed by atoms with Crippen LogP contribution >= 0.6 is 0 Å². The number of nitrogens with two attached hydrogens (primary N) is 1. The number of rotatable bonds is 2. The summed E-state index contributed by atoms with van der Waals surface area (Å²) in [4.78, 5) is 6.46. The molecule has 1 aliphatic rings. The van der Waals surface area contributed by atoms with E-state index >= 15 is 0 Å². The van der Waals surface area contributed by atoms with Crippen LogP contribution in [-0.4, -0.2) is 22.7 Å². The molecule has 18 heavy (non-hydrogen) atoms. The standard InChI is InChI=1S/C13H16N4O/c1-9-15-13(16-18-9)8-17-7-11(14)6-10-4-2-3-5-12(10)17/h2-5,11H,6-8,14H2,1H3. The van der Waals surface area contributed by atoms with Gasteiger partial charge < -0.3 is 15.2 Å². The van der Waals surface area contributed by atoms with Crippen molar-refractivity contribution in [2.75, 3.05) is 11.4 Å². The molecular weight excluding hydrogens is 228 g/mol. The van der Waals surface area contributed by atoms with Crippen LogP contribution in [0.15, 0.2) is 28.8 Å². The van der Waals surface area contributed by atoms with Crippen molar-refractivity contribution in [3.05, 3.63) is 41.5 Å². The minimum atomic E-state index is 0.160. The third-order valence-electron chi connectivity index (χ3n) is 3.17. The van der Waals surface area contributed by atoms with Gasteiger partial charge in [0, 0.05) is 25.2 Å². The van der Waals surface area contributed by atoms with Crippen molar-refractivity contribution in [1.29, 1.82) is 0 Å². The molecule has 1 atom stereocenters. The smallest absolute Gasteiger partial charge is 0.223 e. The number of anilines is 1. The van der Waals surface area contributed by atoms with Crippen molar-refractivity contribution in [2.24, 2.45) is 5.73 Å². The minimum Gasteiger partial charge on any atom is -0.362 e. The van der Waals surface area contributed by atoms with Gasteiger partial charge in [-0.15, -0.1) is 0 Å². The van der Waals surface area contributed by atoms with Crippen LogP contribution in [0.1, 0.15) is 17.3 Å². The molecule has 0 saturated heterocycles. The van der Waals surface area contributed by atoms with Gasteiger partial charge in [0.1, 0.15) is 0 Å². The lowest BCUT2D eigenvalue weighted by Gasteiger charge is -2.33. The minimum absolute atomic E-state index is 0.160. The zero-order valence-corrected chi connectivity index (χ0v) is 10.3. The Morgan fingerprint density at radius 1 is 1.44 bits per heavy atom. The van der Waals surface area contributed by atoms with Crippen LogP contribution in [0.3, 0.4) is 0 Å². The van der Waals surface area contributed by atoms with Gasteiger partial charge in [0.25, 0.3) is 0 Å². The van der Waals surface area contributed by atoms with Crippen LogP contribution in [0.2, 0.25) is 0 Å². The van der Waals surface area contributed by atoms with Gasteiger partial charge in [-0.1, -0.05) is 23.4 Å². The molecule has 0 radical (unpaired) electrons. The van der Waals surface area contributed by atoms with E-state index in [1.165, 1.54) is 11.3 Å². The first-order valence-electron chi connectivity index (χ1n) is 6.10. The van der Waals surface area contributed by atoms with Gasteiger partial charge in [0.05, 0.1) is 6.54 Å². The molecule has 1 aromatic heterocycles. The number of hydrogen-bond acceptors (Lipinski definition) is 5. The van der Waals surface area contributed by atoms with E-state index in [1.807, 2.05) is 12.1 Å². The van der Waals surface area contributed by atoms with Crippen molar-refractivity contribution < 1.29 is 4.52 Å². The normalized spacial score (nSPS) is 18.8. The Kier molecular flexibility index (Phi) is 2.76. The molecule has 2 heterocycles. The monoisotopic (exact) mass is 244 g/mol. The van der Waals surface area contributed by atoms with Crippen molar-refractivity contribution in [3.8, 4) is 0 Å². The van der Waals surface area contributed by atoms with E-state index in [0.29, 0.717) is 18.3 Å². The number of aryl methyl sites for hydroxylation is 1. The lowest BCUT2D eigenvalue weighted by atomic mass is 9.98. The molecule has 0 spiro atoms. The molecule has 2 N–H and O–H groups in total. The molecule has 0 aliphatic carbocycles. The highest BCUT2D eigenvalue weighted by Crippen LogP contribution is 2.27. The second-order valence-electron chi connectivity index (χ2n) is 4.70. The zero-order chi connectivity index (χ0) is 12.5. The highest BCUT2D eigenvalue weighted by molar-refractivity contribution is 5.56. The highest BCUT2D eigenvalue weighted by atomic mass is 16.5. The highest BCUT2D eigenvalue weighted by Gasteiger charge is 2.22. The Balaban J connectivity index is 1.88. The maximum absolute atomic E-state index is 6.09. The molecule has 3 rings (SSSR count). The maximum Gasteiger partial charge on any atom is 0.223 e. The fraction of sp³-hybridized carbons (Fsp3) is 0.385. The number of para-hydroxylation sites is 1. The first kappa shape index (κ1) is 11.2. The molecule has 0 saturated carbocycles. The van der Waals surface area contributed by atoms with Crippen molar-refractivity contribution in [3.63, 3.8) is 0 Å². The van der Waals surface area contributed by atoms with E-state index < -0.39 is 0 Å². The van der Waals surface area contributed by atoms with E-state index in [-0.39, 0.29) is 6.04 Å². The average molecular weight is 244 g/mol. The summed E-state index contributed by atoms with van der Waals surface area (Å²) in [6.45, 7) is 3.26. The summed E-state index contributed by atoms with van der Waals surface area (Å²) in [5.74, 6) is 1.30. The van der Waals surface area contributed by atoms with Gasteiger partial charge in [-0.2, -0.15) is 4.98 Å². The molecule has 1 aliphatic heterocycles. The number of fused-ring (bicyclic) bond motifs is 1. The Bertz CT molecular complexity index is 551. The predicted octanol–water partition coefficient (Wildman–Crippen LogP) is 1.27. The second kappa shape index (κ2) is 4.42. The van der Waals surface area contributed by atoms with Crippen LogP contribution in [-0.2, 0) is 13.0 Å². The largest absolute Gasteiger partial charge is 0.362 e. The van der Waals surface area contributed by atoms with Crippen LogP contribution in [0, 0.1) is 6.92 Å². The SMILES string of the molecule is Cc1nc(CN2CC(N)Cc3ccccc32)no1. The Labute approximate surface area is 106 Å². The van der Waals surface area contributed by atoms with E-state index in [0.717, 1.165) is 13.0 Å². The lowest BCUT2D eigenvalue weighted by molar-refractivity contribution is 0.386. The van der Waals surface area contributed by atoms with Gasteiger partial charge in [0.15, 0.2) is 5.82 Å². The number of aromatic nitrogens is 2. The fourth-order valence-corrected chi connectivity index (χ4v) is 2.45. The van der Waals surface area contributed by atoms with E-state index in [9.17, 15) is 0 Å². The molecule has 0 fully saturated rings. The summed E-state index contributed by atoms with van der Waals surface area (Å²) < 4.78 is 5.00. The van der Waals surface area contributed by atoms with E-state index in [1.54, 1.807) is 6.92 Å². The summed E-state index contributed by atoms with van der Waals surface area (Å²) in [6, 6.07) is 8.50. The van der Waals surface area contributed by atoms with Crippen molar-refractivity contribution in [2.45, 2.75) is 25.9 Å². The first-order valence-corrected chi connectivity index (χ1v) is 6.10. The molecule has 1 aromatic carbocycles. The average Bonchev–Trinajstić information content (AvgIpc) is 2.74. The third kappa shape index (κ3) is 2.09. The Morgan fingerprint density at radius 3 is 3.06 bits per heavy atom. The quantitative estimate of drug-likeness (QED) is 0.861. The van der Waals surface area contributed by atoms with E-state index in [2.05, 4.69) is 27.2 Å². The molecule has 0 amide bonds. The van der Waals surface area contributed by atoms with Crippen LogP contribution in [0.4, 0.5) is 5.69 Å². The molecule has 1 unspecified atom stereocenters. The van der Waals surface area contributed by atoms with Gasteiger partial charge in [-0.05, 0) is 18.1 Å². The zero-order valence-electron chi connectivity index (χ0n) is 10.3. The molecule has 94 valence electrons. The van der Waals surface area contributed by atoms with Crippen LogP contribution < -0.4 is 10.6 Å². The van der Waals surface area contributed by atoms with Gasteiger partial charge in [0.2, 0.25) is 5.89 Å².